The van der Waals surface area contributed by atoms with Gasteiger partial charge >= 0.3 is 0 Å². The van der Waals surface area contributed by atoms with Crippen LogP contribution in [0.2, 0.25) is 0 Å². The van der Waals surface area contributed by atoms with Crippen LogP contribution >= 0.6 is 0 Å². The summed E-state index contributed by atoms with van der Waals surface area (Å²) in [5, 5.41) is 0. The summed E-state index contributed by atoms with van der Waals surface area (Å²) in [4.78, 5) is 0. The van der Waals surface area contributed by atoms with Gasteiger partial charge in [0, 0.05) is 11.1 Å². The number of benzene rings is 5. The highest BCUT2D eigenvalue weighted by molar-refractivity contribution is 5.86. The molecule has 5 aromatic rings. The highest BCUT2D eigenvalue weighted by atomic mass is 16.5. The Balaban J connectivity index is 1.60. The summed E-state index contributed by atoms with van der Waals surface area (Å²) in [6.45, 7) is 1.05. The molecule has 0 radical (unpaired) electrons. The predicted octanol–water partition coefficient (Wildman–Crippen LogP) is 8.09. The molecule has 0 aliphatic carbocycles. The zero-order valence-electron chi connectivity index (χ0n) is 23.7. The molecule has 5 aromatic carbocycles. The molecule has 0 atom stereocenters. The molecule has 0 aliphatic rings. The van der Waals surface area contributed by atoms with Gasteiger partial charge in [-0.1, -0.05) is 96.9 Å². The molecule has 0 heterocycles. The Morgan fingerprint density at radius 3 is 1.48 bits per heavy atom. The highest BCUT2D eigenvalue weighted by Crippen LogP contribution is 2.49. The van der Waals surface area contributed by atoms with Crippen LogP contribution in [-0.4, -0.2) is 14.2 Å². The maximum absolute atomic E-state index is 6.38. The SMILES string of the molecule is C#Cc1c(OCc2ccccc2)ccc(OCc2ccccc2)c1-c1ccc(OC)c(OCc2ccccc2)c1OC. The first-order chi connectivity index (χ1) is 20.7. The Morgan fingerprint density at radius 2 is 0.976 bits per heavy atom. The Labute approximate surface area is 247 Å². The topological polar surface area (TPSA) is 46.2 Å². The van der Waals surface area contributed by atoms with Crippen LogP contribution in [0.1, 0.15) is 22.3 Å². The smallest absolute Gasteiger partial charge is 0.204 e. The van der Waals surface area contributed by atoms with E-state index in [2.05, 4.69) is 5.92 Å². The molecule has 5 heteroatoms. The maximum Gasteiger partial charge on any atom is 0.204 e. The monoisotopic (exact) mass is 556 g/mol. The lowest BCUT2D eigenvalue weighted by molar-refractivity contribution is 0.266. The third kappa shape index (κ3) is 6.51. The standard InChI is InChI=1S/C37H32O5/c1-4-30-32(40-24-27-14-8-5-9-15-27)22-23-33(41-25-28-16-10-6-11-17-28)35(30)31-20-21-34(38-2)37(36(31)39-3)42-26-29-18-12-7-13-19-29/h1,5-23H,24-26H2,2-3H3. The summed E-state index contributed by atoms with van der Waals surface area (Å²) in [6, 6.07) is 37.3. The molecule has 0 aliphatic heterocycles. The van der Waals surface area contributed by atoms with Crippen molar-refractivity contribution in [2.24, 2.45) is 0 Å². The highest BCUT2D eigenvalue weighted by Gasteiger charge is 2.24. The van der Waals surface area contributed by atoms with Crippen LogP contribution in [-0.2, 0) is 19.8 Å². The van der Waals surface area contributed by atoms with E-state index in [0.717, 1.165) is 16.7 Å². The first kappa shape index (κ1) is 28.2. The normalized spacial score (nSPS) is 10.4. The van der Waals surface area contributed by atoms with E-state index in [9.17, 15) is 0 Å². The van der Waals surface area contributed by atoms with E-state index in [1.807, 2.05) is 115 Å². The van der Waals surface area contributed by atoms with Crippen LogP contribution in [0.5, 0.6) is 28.7 Å². The molecule has 0 unspecified atom stereocenters. The zero-order chi connectivity index (χ0) is 29.1. The molecule has 5 rings (SSSR count). The molecule has 0 saturated heterocycles. The zero-order valence-corrected chi connectivity index (χ0v) is 23.7. The third-order valence-corrected chi connectivity index (χ3v) is 6.74. The summed E-state index contributed by atoms with van der Waals surface area (Å²) < 4.78 is 30.6. The molecule has 0 amide bonds. The van der Waals surface area contributed by atoms with Crippen molar-refractivity contribution in [2.45, 2.75) is 19.8 Å². The van der Waals surface area contributed by atoms with Crippen molar-refractivity contribution in [3.05, 3.63) is 138 Å². The lowest BCUT2D eigenvalue weighted by atomic mass is 9.96. The van der Waals surface area contributed by atoms with Crippen LogP contribution in [0, 0.1) is 12.3 Å². The number of ether oxygens (including phenoxy) is 5. The quantitative estimate of drug-likeness (QED) is 0.145. The number of hydrogen-bond acceptors (Lipinski definition) is 5. The van der Waals surface area contributed by atoms with E-state index in [1.54, 1.807) is 14.2 Å². The van der Waals surface area contributed by atoms with Gasteiger partial charge in [-0.2, -0.15) is 0 Å². The second kappa shape index (κ2) is 13.8. The van der Waals surface area contributed by atoms with Gasteiger partial charge in [0.1, 0.15) is 31.3 Å². The van der Waals surface area contributed by atoms with E-state index < -0.39 is 0 Å². The first-order valence-electron chi connectivity index (χ1n) is 13.6. The van der Waals surface area contributed by atoms with Crippen molar-refractivity contribution in [3.63, 3.8) is 0 Å². The second-order valence-corrected chi connectivity index (χ2v) is 9.46. The largest absolute Gasteiger partial charge is 0.493 e. The summed E-state index contributed by atoms with van der Waals surface area (Å²) >= 11 is 0. The average molecular weight is 557 g/mol. The van der Waals surface area contributed by atoms with Gasteiger partial charge in [0.15, 0.2) is 11.5 Å². The van der Waals surface area contributed by atoms with Crippen molar-refractivity contribution in [3.8, 4) is 52.2 Å². The molecule has 0 saturated carbocycles. The molecule has 42 heavy (non-hydrogen) atoms. The lowest BCUT2D eigenvalue weighted by Gasteiger charge is -2.21. The van der Waals surface area contributed by atoms with Gasteiger partial charge in [0.25, 0.3) is 0 Å². The van der Waals surface area contributed by atoms with E-state index in [-0.39, 0.29) is 0 Å². The third-order valence-electron chi connectivity index (χ3n) is 6.74. The minimum Gasteiger partial charge on any atom is -0.493 e. The van der Waals surface area contributed by atoms with E-state index in [0.29, 0.717) is 65.3 Å². The van der Waals surface area contributed by atoms with Crippen LogP contribution in [0.3, 0.4) is 0 Å². The van der Waals surface area contributed by atoms with Crippen molar-refractivity contribution in [1.29, 1.82) is 0 Å². The van der Waals surface area contributed by atoms with Crippen molar-refractivity contribution >= 4 is 0 Å². The molecule has 0 spiro atoms. The summed E-state index contributed by atoms with van der Waals surface area (Å²) in [7, 11) is 3.20. The van der Waals surface area contributed by atoms with Gasteiger partial charge in [-0.3, -0.25) is 0 Å². The van der Waals surface area contributed by atoms with Crippen molar-refractivity contribution < 1.29 is 23.7 Å². The van der Waals surface area contributed by atoms with Gasteiger partial charge in [-0.15, -0.1) is 6.42 Å². The molecule has 5 nitrogen and oxygen atoms in total. The van der Waals surface area contributed by atoms with Crippen molar-refractivity contribution in [2.75, 3.05) is 14.2 Å². The molecular formula is C37H32O5. The predicted molar refractivity (Wildman–Crippen MR) is 165 cm³/mol. The molecule has 0 bridgehead atoms. The van der Waals surface area contributed by atoms with Crippen LogP contribution in [0.25, 0.3) is 11.1 Å². The number of rotatable bonds is 12. The van der Waals surface area contributed by atoms with Crippen molar-refractivity contribution in [1.82, 2.24) is 0 Å². The van der Waals surface area contributed by atoms with Gasteiger partial charge in [0.2, 0.25) is 5.75 Å². The van der Waals surface area contributed by atoms with Crippen LogP contribution in [0.15, 0.2) is 115 Å². The second-order valence-electron chi connectivity index (χ2n) is 9.46. The first-order valence-corrected chi connectivity index (χ1v) is 13.6. The fourth-order valence-corrected chi connectivity index (χ4v) is 4.66. The van der Waals surface area contributed by atoms with Gasteiger partial charge in [-0.25, -0.2) is 0 Å². The Morgan fingerprint density at radius 1 is 0.500 bits per heavy atom. The summed E-state index contributed by atoms with van der Waals surface area (Å²) in [5.41, 5.74) is 4.99. The fraction of sp³-hybridized carbons (Fsp3) is 0.135. The number of methoxy groups -OCH3 is 2. The van der Waals surface area contributed by atoms with E-state index in [4.69, 9.17) is 30.1 Å². The maximum atomic E-state index is 6.38. The molecule has 0 aromatic heterocycles. The molecule has 0 N–H and O–H groups in total. The number of terminal acetylenes is 1. The lowest BCUT2D eigenvalue weighted by Crippen LogP contribution is -2.04. The Hall–Kier alpha value is -5.34. The molecule has 0 fully saturated rings. The van der Waals surface area contributed by atoms with Gasteiger partial charge in [0.05, 0.1) is 19.8 Å². The molecular weight excluding hydrogens is 524 g/mol. The van der Waals surface area contributed by atoms with E-state index in [1.165, 1.54) is 0 Å². The Bertz CT molecular complexity index is 1640. The van der Waals surface area contributed by atoms with Crippen LogP contribution < -0.4 is 23.7 Å². The summed E-state index contributed by atoms with van der Waals surface area (Å²) in [6.07, 6.45) is 6.17. The minimum absolute atomic E-state index is 0.330. The van der Waals surface area contributed by atoms with Gasteiger partial charge in [-0.05, 0) is 41.0 Å². The van der Waals surface area contributed by atoms with Gasteiger partial charge < -0.3 is 23.7 Å². The fourth-order valence-electron chi connectivity index (χ4n) is 4.66. The average Bonchev–Trinajstić information content (AvgIpc) is 3.06. The van der Waals surface area contributed by atoms with Crippen LogP contribution in [0.4, 0.5) is 0 Å². The number of hydrogen-bond donors (Lipinski definition) is 0. The molecule has 210 valence electrons. The Kier molecular flexibility index (Phi) is 9.28. The summed E-state index contributed by atoms with van der Waals surface area (Å²) in [5.74, 6) is 5.50. The van der Waals surface area contributed by atoms with E-state index >= 15 is 0 Å². The minimum atomic E-state index is 0.330.